The first-order valence-corrected chi connectivity index (χ1v) is 12.6. The molecule has 38 heavy (non-hydrogen) atoms. The SMILES string of the molecule is C/C=C(\C=C/COCCF)N1C(=O)C/C=C\C=C/CN=C1CCN1C(=O)C=C(/C=C\C=C\OC(C)C)C1=O. The summed E-state index contributed by atoms with van der Waals surface area (Å²) < 4.78 is 22.8. The molecule has 0 aliphatic carbocycles. The quantitative estimate of drug-likeness (QED) is 0.154. The summed E-state index contributed by atoms with van der Waals surface area (Å²) in [5.41, 5.74) is 0.829. The summed E-state index contributed by atoms with van der Waals surface area (Å²) >= 11 is 0. The van der Waals surface area contributed by atoms with Crippen LogP contribution in [0.25, 0.3) is 0 Å². The molecule has 2 aliphatic heterocycles. The molecule has 0 aromatic heterocycles. The Balaban J connectivity index is 2.18. The Morgan fingerprint density at radius 2 is 1.97 bits per heavy atom. The molecule has 2 aliphatic rings. The Bertz CT molecular complexity index is 1080. The molecule has 0 N–H and O–H groups in total. The van der Waals surface area contributed by atoms with Gasteiger partial charge >= 0.3 is 0 Å². The number of carbonyl (C=O) groups is 3. The van der Waals surface area contributed by atoms with Gasteiger partial charge in [-0.1, -0.05) is 42.5 Å². The fourth-order valence-electron chi connectivity index (χ4n) is 3.49. The van der Waals surface area contributed by atoms with Crippen LogP contribution in [0, 0.1) is 0 Å². The lowest BCUT2D eigenvalue weighted by molar-refractivity contribution is -0.136. The van der Waals surface area contributed by atoms with Crippen LogP contribution >= 0.6 is 0 Å². The zero-order chi connectivity index (χ0) is 27.8. The lowest BCUT2D eigenvalue weighted by Crippen LogP contribution is -2.39. The van der Waals surface area contributed by atoms with Crippen molar-refractivity contribution in [3.8, 4) is 0 Å². The zero-order valence-electron chi connectivity index (χ0n) is 22.2. The van der Waals surface area contributed by atoms with E-state index in [2.05, 4.69) is 4.99 Å². The summed E-state index contributed by atoms with van der Waals surface area (Å²) in [4.78, 5) is 45.9. The first-order valence-electron chi connectivity index (χ1n) is 12.6. The topological polar surface area (TPSA) is 88.5 Å². The van der Waals surface area contributed by atoms with Gasteiger partial charge in [-0.05, 0) is 39.0 Å². The molecule has 8 nitrogen and oxygen atoms in total. The highest BCUT2D eigenvalue weighted by Gasteiger charge is 2.30. The van der Waals surface area contributed by atoms with Gasteiger partial charge in [0.25, 0.3) is 11.8 Å². The molecule has 9 heteroatoms. The molecule has 0 aromatic rings. The molecule has 204 valence electrons. The number of ether oxygens (including phenoxy) is 2. The second kappa shape index (κ2) is 16.8. The molecule has 0 fully saturated rings. The van der Waals surface area contributed by atoms with E-state index >= 15 is 0 Å². The second-order valence-corrected chi connectivity index (χ2v) is 8.44. The molecule has 0 saturated heterocycles. The first kappa shape index (κ1) is 30.4. The average molecular weight is 526 g/mol. The van der Waals surface area contributed by atoms with Crippen LogP contribution < -0.4 is 0 Å². The number of carbonyl (C=O) groups excluding carboxylic acids is 3. The molecule has 0 unspecified atom stereocenters. The van der Waals surface area contributed by atoms with Crippen LogP contribution in [0.2, 0.25) is 0 Å². The number of imide groups is 1. The zero-order valence-corrected chi connectivity index (χ0v) is 22.2. The number of amides is 3. The van der Waals surface area contributed by atoms with E-state index in [-0.39, 0.29) is 50.2 Å². The summed E-state index contributed by atoms with van der Waals surface area (Å²) in [5, 5.41) is 0. The van der Waals surface area contributed by atoms with E-state index in [1.54, 1.807) is 55.5 Å². The lowest BCUT2D eigenvalue weighted by Gasteiger charge is -2.27. The van der Waals surface area contributed by atoms with Crippen molar-refractivity contribution in [2.24, 2.45) is 4.99 Å². The molecule has 2 heterocycles. The van der Waals surface area contributed by atoms with Crippen LogP contribution in [-0.2, 0) is 23.9 Å². The van der Waals surface area contributed by atoms with Crippen LogP contribution in [0.1, 0.15) is 33.6 Å². The van der Waals surface area contributed by atoms with Crippen LogP contribution in [-0.4, -0.2) is 72.4 Å². The van der Waals surface area contributed by atoms with E-state index < -0.39 is 18.5 Å². The van der Waals surface area contributed by atoms with Crippen molar-refractivity contribution in [3.05, 3.63) is 84.4 Å². The Kier molecular flexibility index (Phi) is 13.4. The Hall–Kier alpha value is -3.85. The number of hydrogen-bond acceptors (Lipinski definition) is 6. The molecule has 0 radical (unpaired) electrons. The van der Waals surface area contributed by atoms with Crippen molar-refractivity contribution < 1.29 is 28.2 Å². The highest BCUT2D eigenvalue weighted by molar-refractivity contribution is 6.17. The Morgan fingerprint density at radius 3 is 2.71 bits per heavy atom. The van der Waals surface area contributed by atoms with Gasteiger partial charge in [0, 0.05) is 36.7 Å². The highest BCUT2D eigenvalue weighted by Crippen LogP contribution is 2.18. The number of alkyl halides is 1. The fourth-order valence-corrected chi connectivity index (χ4v) is 3.49. The summed E-state index contributed by atoms with van der Waals surface area (Å²) in [6.45, 7) is 5.58. The van der Waals surface area contributed by atoms with Crippen molar-refractivity contribution in [2.75, 3.05) is 33.0 Å². The van der Waals surface area contributed by atoms with Gasteiger partial charge in [0.15, 0.2) is 0 Å². The molecule has 0 bridgehead atoms. The third-order valence-corrected chi connectivity index (χ3v) is 5.25. The van der Waals surface area contributed by atoms with Gasteiger partial charge in [0.1, 0.15) is 12.5 Å². The van der Waals surface area contributed by atoms with E-state index in [1.807, 2.05) is 26.0 Å². The smallest absolute Gasteiger partial charge is 0.260 e. The molecular weight excluding hydrogens is 489 g/mol. The molecule has 0 saturated carbocycles. The molecular formula is C29H36FN3O5. The monoisotopic (exact) mass is 525 g/mol. The van der Waals surface area contributed by atoms with Crippen molar-refractivity contribution in [1.29, 1.82) is 0 Å². The van der Waals surface area contributed by atoms with Crippen molar-refractivity contribution in [3.63, 3.8) is 0 Å². The second-order valence-electron chi connectivity index (χ2n) is 8.44. The predicted molar refractivity (Wildman–Crippen MR) is 146 cm³/mol. The largest absolute Gasteiger partial charge is 0.499 e. The van der Waals surface area contributed by atoms with E-state index in [9.17, 15) is 18.8 Å². The molecule has 0 aromatic carbocycles. The molecule has 0 atom stereocenters. The minimum atomic E-state index is -0.574. The number of hydrogen-bond donors (Lipinski definition) is 0. The summed E-state index contributed by atoms with van der Waals surface area (Å²) in [6.07, 6.45) is 20.4. The maximum Gasteiger partial charge on any atom is 0.260 e. The Labute approximate surface area is 223 Å². The van der Waals surface area contributed by atoms with E-state index in [0.717, 1.165) is 4.90 Å². The predicted octanol–water partition coefficient (Wildman–Crippen LogP) is 4.36. The van der Waals surface area contributed by atoms with Gasteiger partial charge in [-0.2, -0.15) is 0 Å². The number of amidine groups is 1. The summed E-state index contributed by atoms with van der Waals surface area (Å²) in [5.74, 6) is -0.624. The maximum absolute atomic E-state index is 13.2. The van der Waals surface area contributed by atoms with Gasteiger partial charge in [0.2, 0.25) is 5.91 Å². The Morgan fingerprint density at radius 1 is 1.18 bits per heavy atom. The number of nitrogens with zero attached hydrogens (tertiary/aromatic N) is 3. The third kappa shape index (κ3) is 9.89. The van der Waals surface area contributed by atoms with Crippen LogP contribution in [0.3, 0.4) is 0 Å². The number of allylic oxidation sites excluding steroid dienone is 6. The molecule has 2 rings (SSSR count). The van der Waals surface area contributed by atoms with E-state index in [1.165, 1.54) is 17.2 Å². The van der Waals surface area contributed by atoms with E-state index in [0.29, 0.717) is 18.1 Å². The van der Waals surface area contributed by atoms with Gasteiger partial charge in [-0.25, -0.2) is 4.39 Å². The maximum atomic E-state index is 13.2. The summed E-state index contributed by atoms with van der Waals surface area (Å²) in [7, 11) is 0. The van der Waals surface area contributed by atoms with Crippen molar-refractivity contribution in [2.45, 2.75) is 39.7 Å². The van der Waals surface area contributed by atoms with Crippen LogP contribution in [0.15, 0.2) is 89.4 Å². The first-order chi connectivity index (χ1) is 18.4. The van der Waals surface area contributed by atoms with Crippen molar-refractivity contribution >= 4 is 23.6 Å². The molecule has 0 spiro atoms. The molecule has 3 amide bonds. The van der Waals surface area contributed by atoms with Gasteiger partial charge in [-0.15, -0.1) is 0 Å². The lowest BCUT2D eigenvalue weighted by atomic mass is 10.2. The van der Waals surface area contributed by atoms with Crippen LogP contribution in [0.5, 0.6) is 0 Å². The average Bonchev–Trinajstić information content (AvgIpc) is 3.16. The number of rotatable bonds is 13. The minimum absolute atomic E-state index is 0.00684. The highest BCUT2D eigenvalue weighted by atomic mass is 19.1. The fraction of sp³-hybridized carbons (Fsp3) is 0.379. The summed E-state index contributed by atoms with van der Waals surface area (Å²) in [6, 6.07) is 0. The van der Waals surface area contributed by atoms with Crippen molar-refractivity contribution in [1.82, 2.24) is 9.80 Å². The number of aliphatic imine (C=N–C) groups is 1. The van der Waals surface area contributed by atoms with E-state index in [4.69, 9.17) is 9.47 Å². The minimum Gasteiger partial charge on any atom is -0.499 e. The van der Waals surface area contributed by atoms with Gasteiger partial charge < -0.3 is 9.47 Å². The van der Waals surface area contributed by atoms with Crippen LogP contribution in [0.4, 0.5) is 4.39 Å². The number of halogens is 1. The third-order valence-electron chi connectivity index (χ3n) is 5.25. The standard InChI is InChI=1S/C29H36FN3O5/c1-4-25(13-11-19-37-21-16-30)33-26(31-17-9-6-5-7-14-27(33)34)15-18-32-28(35)22-24(29(32)36)12-8-10-20-38-23(2)3/h4-13,20,22-23H,14-19,21H2,1-3H3/b7-5-,9-6-,12-8-,13-11-,20-10+,25-4+,31-26?. The normalized spacial score (nSPS) is 19.3. The van der Waals surface area contributed by atoms with Gasteiger partial charge in [0.05, 0.1) is 32.1 Å². The van der Waals surface area contributed by atoms with Gasteiger partial charge in [-0.3, -0.25) is 29.2 Å².